The van der Waals surface area contributed by atoms with E-state index < -0.39 is 0 Å². The highest BCUT2D eigenvalue weighted by Gasteiger charge is 2.29. The zero-order valence-corrected chi connectivity index (χ0v) is 17.7. The number of nitrogens with one attached hydrogen (secondary N) is 2. The van der Waals surface area contributed by atoms with Crippen molar-refractivity contribution in [3.8, 4) is 0 Å². The van der Waals surface area contributed by atoms with Crippen LogP contribution in [0.4, 0.5) is 16.2 Å². The molecule has 1 heterocycles. The van der Waals surface area contributed by atoms with Gasteiger partial charge < -0.3 is 24.8 Å². The van der Waals surface area contributed by atoms with Crippen LogP contribution in [-0.4, -0.2) is 59.5 Å². The van der Waals surface area contributed by atoms with Crippen LogP contribution in [-0.2, 0) is 4.74 Å². The first-order chi connectivity index (χ1) is 14.1. The lowest BCUT2D eigenvalue weighted by Crippen LogP contribution is -3.15. The molecule has 6 nitrogen and oxygen atoms in total. The molecule has 2 N–H and O–H groups in total. The second-order valence-electron chi connectivity index (χ2n) is 7.62. The number of quaternary nitrogens is 1. The second-order valence-corrected chi connectivity index (χ2v) is 7.62. The Morgan fingerprint density at radius 2 is 1.76 bits per heavy atom. The number of carbonyl (C=O) groups excluding carboxylic acids is 1. The van der Waals surface area contributed by atoms with Crippen molar-refractivity contribution < 1.29 is 14.4 Å². The smallest absolute Gasteiger partial charge is 0.407 e. The first-order valence-electron chi connectivity index (χ1n) is 10.4. The molecule has 2 aromatic rings. The van der Waals surface area contributed by atoms with Crippen molar-refractivity contribution in [3.05, 3.63) is 60.2 Å². The zero-order valence-electron chi connectivity index (χ0n) is 17.7. The first-order valence-corrected chi connectivity index (χ1v) is 10.4. The molecule has 0 aromatic heterocycles. The number of amides is 1. The quantitative estimate of drug-likeness (QED) is 0.750. The Morgan fingerprint density at radius 1 is 1.10 bits per heavy atom. The molecular weight excluding hydrogens is 364 g/mol. The molecule has 1 amide bonds. The fourth-order valence-corrected chi connectivity index (χ4v) is 3.91. The molecule has 0 aliphatic carbocycles. The Hall–Kier alpha value is -2.73. The Labute approximate surface area is 174 Å². The number of carbonyl (C=O) groups is 1. The van der Waals surface area contributed by atoms with Crippen molar-refractivity contribution in [1.29, 1.82) is 0 Å². The second kappa shape index (κ2) is 10.2. The zero-order chi connectivity index (χ0) is 20.6. The predicted octanol–water partition coefficient (Wildman–Crippen LogP) is 1.94. The van der Waals surface area contributed by atoms with E-state index in [1.54, 1.807) is 0 Å². The van der Waals surface area contributed by atoms with Crippen molar-refractivity contribution >= 4 is 17.5 Å². The van der Waals surface area contributed by atoms with E-state index in [0.29, 0.717) is 13.2 Å². The van der Waals surface area contributed by atoms with E-state index in [2.05, 4.69) is 69.7 Å². The van der Waals surface area contributed by atoms with Gasteiger partial charge in [0.05, 0.1) is 39.3 Å². The van der Waals surface area contributed by atoms with Crippen LogP contribution in [0.3, 0.4) is 0 Å². The van der Waals surface area contributed by atoms with E-state index in [0.717, 1.165) is 26.2 Å². The van der Waals surface area contributed by atoms with Crippen LogP contribution in [0.2, 0.25) is 0 Å². The van der Waals surface area contributed by atoms with Gasteiger partial charge in [0.2, 0.25) is 0 Å². The molecule has 0 spiro atoms. The van der Waals surface area contributed by atoms with Gasteiger partial charge in [0.25, 0.3) is 0 Å². The van der Waals surface area contributed by atoms with E-state index in [4.69, 9.17) is 4.74 Å². The molecule has 1 saturated heterocycles. The molecule has 0 saturated carbocycles. The fourth-order valence-electron chi connectivity index (χ4n) is 3.91. The van der Waals surface area contributed by atoms with Crippen LogP contribution in [0.15, 0.2) is 54.6 Å². The van der Waals surface area contributed by atoms with E-state index in [1.807, 2.05) is 21.0 Å². The van der Waals surface area contributed by atoms with Gasteiger partial charge in [-0.15, -0.1) is 0 Å². The Bertz CT molecular complexity index is 756. The first kappa shape index (κ1) is 21.0. The number of piperazine rings is 1. The van der Waals surface area contributed by atoms with Crippen LogP contribution < -0.4 is 20.0 Å². The topological polar surface area (TPSA) is 49.2 Å². The SMILES string of the molecule is CCOC(=O)NC[C@@H](c1ccc(N(C)C)cc1)[NH+]1CCN(c2ccccc2)CC1. The van der Waals surface area contributed by atoms with E-state index in [9.17, 15) is 4.79 Å². The summed E-state index contributed by atoms with van der Waals surface area (Å²) in [5.74, 6) is 0. The van der Waals surface area contributed by atoms with E-state index in [1.165, 1.54) is 21.8 Å². The number of para-hydroxylation sites is 1. The van der Waals surface area contributed by atoms with Gasteiger partial charge in [0.15, 0.2) is 0 Å². The Kier molecular flexibility index (Phi) is 7.36. The minimum atomic E-state index is -0.343. The fraction of sp³-hybridized carbons (Fsp3) is 0.435. The van der Waals surface area contributed by atoms with Crippen LogP contribution in [0.25, 0.3) is 0 Å². The maximum absolute atomic E-state index is 11.9. The molecular formula is C23H33N4O2+. The van der Waals surface area contributed by atoms with Gasteiger partial charge in [0, 0.05) is 31.0 Å². The largest absolute Gasteiger partial charge is 0.450 e. The van der Waals surface area contributed by atoms with Crippen molar-refractivity contribution in [2.24, 2.45) is 0 Å². The summed E-state index contributed by atoms with van der Waals surface area (Å²) in [4.78, 5) is 17.9. The van der Waals surface area contributed by atoms with Gasteiger partial charge in [-0.25, -0.2) is 4.79 Å². The highest BCUT2D eigenvalue weighted by Crippen LogP contribution is 2.18. The van der Waals surface area contributed by atoms with Gasteiger partial charge in [-0.2, -0.15) is 0 Å². The van der Waals surface area contributed by atoms with E-state index in [-0.39, 0.29) is 12.1 Å². The number of rotatable bonds is 7. The van der Waals surface area contributed by atoms with Gasteiger partial charge in [-0.3, -0.25) is 0 Å². The summed E-state index contributed by atoms with van der Waals surface area (Å²) >= 11 is 0. The number of alkyl carbamates (subject to hydrolysis) is 1. The highest BCUT2D eigenvalue weighted by molar-refractivity contribution is 5.67. The predicted molar refractivity (Wildman–Crippen MR) is 118 cm³/mol. The molecule has 1 fully saturated rings. The summed E-state index contributed by atoms with van der Waals surface area (Å²) in [5.41, 5.74) is 3.70. The average molecular weight is 398 g/mol. The van der Waals surface area contributed by atoms with Crippen LogP contribution in [0.5, 0.6) is 0 Å². The molecule has 6 heteroatoms. The summed E-state index contributed by atoms with van der Waals surface area (Å²) in [7, 11) is 4.09. The maximum atomic E-state index is 11.9. The summed E-state index contributed by atoms with van der Waals surface area (Å²) in [6, 6.07) is 19.4. The van der Waals surface area contributed by atoms with Crippen LogP contribution in [0, 0.1) is 0 Å². The van der Waals surface area contributed by atoms with Gasteiger partial charge in [-0.05, 0) is 31.2 Å². The molecule has 1 atom stereocenters. The molecule has 29 heavy (non-hydrogen) atoms. The van der Waals surface area contributed by atoms with Crippen LogP contribution in [0.1, 0.15) is 18.5 Å². The number of nitrogens with zero attached hydrogens (tertiary/aromatic N) is 2. The van der Waals surface area contributed by atoms with Gasteiger partial charge >= 0.3 is 6.09 Å². The van der Waals surface area contributed by atoms with Crippen molar-refractivity contribution in [1.82, 2.24) is 5.32 Å². The highest BCUT2D eigenvalue weighted by atomic mass is 16.5. The third-order valence-corrected chi connectivity index (χ3v) is 5.56. The number of hydrogen-bond donors (Lipinski definition) is 2. The molecule has 0 unspecified atom stereocenters. The minimum absolute atomic E-state index is 0.202. The molecule has 1 aliphatic rings. The lowest BCUT2D eigenvalue weighted by molar-refractivity contribution is -0.931. The number of ether oxygens (including phenoxy) is 1. The number of hydrogen-bond acceptors (Lipinski definition) is 4. The lowest BCUT2D eigenvalue weighted by Gasteiger charge is -2.38. The normalized spacial score (nSPS) is 15.6. The maximum Gasteiger partial charge on any atom is 0.407 e. The molecule has 2 aromatic carbocycles. The van der Waals surface area contributed by atoms with E-state index >= 15 is 0 Å². The van der Waals surface area contributed by atoms with Crippen molar-refractivity contribution in [3.63, 3.8) is 0 Å². The van der Waals surface area contributed by atoms with Gasteiger partial charge in [0.1, 0.15) is 6.04 Å². The number of benzene rings is 2. The van der Waals surface area contributed by atoms with Crippen molar-refractivity contribution in [2.45, 2.75) is 13.0 Å². The van der Waals surface area contributed by atoms with Crippen molar-refractivity contribution in [2.75, 3.05) is 63.2 Å². The Morgan fingerprint density at radius 3 is 2.34 bits per heavy atom. The summed E-state index contributed by atoms with van der Waals surface area (Å²) in [6.45, 7) is 6.84. The molecule has 3 rings (SSSR count). The summed E-state index contributed by atoms with van der Waals surface area (Å²) < 4.78 is 5.07. The third kappa shape index (κ3) is 5.64. The molecule has 0 bridgehead atoms. The lowest BCUT2D eigenvalue weighted by atomic mass is 10.0. The summed E-state index contributed by atoms with van der Waals surface area (Å²) in [5, 5.41) is 2.95. The monoisotopic (exact) mass is 397 g/mol. The van der Waals surface area contributed by atoms with Crippen LogP contribution >= 0.6 is 0 Å². The Balaban J connectivity index is 1.70. The third-order valence-electron chi connectivity index (χ3n) is 5.56. The van der Waals surface area contributed by atoms with Gasteiger partial charge in [-0.1, -0.05) is 30.3 Å². The summed E-state index contributed by atoms with van der Waals surface area (Å²) in [6.07, 6.45) is -0.343. The standard InChI is InChI=1S/C23H32N4O2/c1-4-29-23(28)24-18-22(19-10-12-20(13-11-19)25(2)3)27-16-14-26(15-17-27)21-8-6-5-7-9-21/h5-13,22H,4,14-18H2,1-3H3,(H,24,28)/p+1/t22-/m0/s1. The molecule has 156 valence electrons. The average Bonchev–Trinajstić information content (AvgIpc) is 2.75. The molecule has 0 radical (unpaired) electrons. The molecule has 1 aliphatic heterocycles. The number of anilines is 2. The minimum Gasteiger partial charge on any atom is -0.450 e.